The van der Waals surface area contributed by atoms with Crippen LogP contribution in [0.1, 0.15) is 6.92 Å². The number of nitrogens with zero attached hydrogens (tertiary/aromatic N) is 2. The van der Waals surface area contributed by atoms with Crippen LogP contribution in [0, 0.1) is 11.6 Å². The molecule has 0 aliphatic carbocycles. The molecule has 4 nitrogen and oxygen atoms in total. The Morgan fingerprint density at radius 1 is 1.37 bits per heavy atom. The average molecular weight is 286 g/mol. The fourth-order valence-electron chi connectivity index (χ4n) is 1.33. The first-order valence-corrected chi connectivity index (χ1v) is 5.88. The molecular formula is C12H10ClF2N3O. The zero-order valence-corrected chi connectivity index (χ0v) is 10.7. The monoisotopic (exact) mass is 285 g/mol. The van der Waals surface area contributed by atoms with Crippen molar-refractivity contribution in [3.05, 3.63) is 41.1 Å². The minimum atomic E-state index is -0.791. The van der Waals surface area contributed by atoms with E-state index in [0.717, 1.165) is 6.20 Å². The van der Waals surface area contributed by atoms with Gasteiger partial charge in [-0.05, 0) is 19.1 Å². The number of halogens is 3. The summed E-state index contributed by atoms with van der Waals surface area (Å²) in [4.78, 5) is 7.51. The lowest BCUT2D eigenvalue weighted by molar-refractivity contribution is 0.397. The molecule has 1 aromatic heterocycles. The molecule has 0 unspecified atom stereocenters. The molecule has 19 heavy (non-hydrogen) atoms. The summed E-state index contributed by atoms with van der Waals surface area (Å²) in [5.41, 5.74) is 0. The minimum Gasteiger partial charge on any atom is -0.433 e. The molecule has 2 aromatic rings. The Balaban J connectivity index is 2.32. The zero-order valence-electron chi connectivity index (χ0n) is 9.95. The van der Waals surface area contributed by atoms with Crippen LogP contribution < -0.4 is 10.1 Å². The Bertz CT molecular complexity index is 595. The van der Waals surface area contributed by atoms with Gasteiger partial charge in [-0.1, -0.05) is 17.7 Å². The molecule has 0 saturated carbocycles. The Hall–Kier alpha value is -1.95. The fraction of sp³-hybridized carbons (Fsp3) is 0.167. The van der Waals surface area contributed by atoms with Gasteiger partial charge in [0.15, 0.2) is 11.6 Å². The molecule has 1 aromatic carbocycles. The second-order valence-electron chi connectivity index (χ2n) is 3.53. The fourth-order valence-corrected chi connectivity index (χ4v) is 1.50. The number of ether oxygens (including phenoxy) is 1. The highest BCUT2D eigenvalue weighted by Crippen LogP contribution is 2.29. The van der Waals surface area contributed by atoms with Gasteiger partial charge < -0.3 is 10.1 Å². The van der Waals surface area contributed by atoms with Gasteiger partial charge in [0.1, 0.15) is 0 Å². The molecule has 7 heteroatoms. The third kappa shape index (κ3) is 3.08. The van der Waals surface area contributed by atoms with Crippen molar-refractivity contribution in [2.45, 2.75) is 6.92 Å². The van der Waals surface area contributed by atoms with E-state index in [4.69, 9.17) is 16.3 Å². The highest BCUT2D eigenvalue weighted by Gasteiger charge is 2.13. The molecule has 0 atom stereocenters. The number of aromatic nitrogens is 2. The maximum Gasteiger partial charge on any atom is 0.260 e. The van der Waals surface area contributed by atoms with Gasteiger partial charge in [-0.2, -0.15) is 9.37 Å². The Labute approximate surface area is 113 Å². The molecule has 0 aliphatic heterocycles. The van der Waals surface area contributed by atoms with Crippen molar-refractivity contribution in [3.63, 3.8) is 0 Å². The van der Waals surface area contributed by atoms with Crippen LogP contribution in [0.15, 0.2) is 24.4 Å². The van der Waals surface area contributed by atoms with Gasteiger partial charge in [0.2, 0.25) is 11.8 Å². The van der Waals surface area contributed by atoms with Gasteiger partial charge in [0.25, 0.3) is 5.88 Å². The van der Waals surface area contributed by atoms with Gasteiger partial charge in [0, 0.05) is 6.54 Å². The van der Waals surface area contributed by atoms with Crippen LogP contribution in [0.2, 0.25) is 5.02 Å². The second kappa shape index (κ2) is 5.79. The van der Waals surface area contributed by atoms with Crippen molar-refractivity contribution in [2.75, 3.05) is 11.9 Å². The van der Waals surface area contributed by atoms with E-state index in [1.165, 1.54) is 18.2 Å². The summed E-state index contributed by atoms with van der Waals surface area (Å²) in [7, 11) is 0. The van der Waals surface area contributed by atoms with Gasteiger partial charge in [-0.15, -0.1) is 0 Å². The van der Waals surface area contributed by atoms with Crippen molar-refractivity contribution in [2.24, 2.45) is 0 Å². The molecule has 1 heterocycles. The topological polar surface area (TPSA) is 47.0 Å². The van der Waals surface area contributed by atoms with E-state index in [1.807, 2.05) is 6.92 Å². The van der Waals surface area contributed by atoms with Crippen molar-refractivity contribution in [1.82, 2.24) is 9.97 Å². The van der Waals surface area contributed by atoms with Crippen LogP contribution in [0.4, 0.5) is 14.7 Å². The van der Waals surface area contributed by atoms with Crippen molar-refractivity contribution < 1.29 is 13.5 Å². The zero-order chi connectivity index (χ0) is 13.8. The van der Waals surface area contributed by atoms with E-state index in [9.17, 15) is 8.78 Å². The van der Waals surface area contributed by atoms with E-state index in [2.05, 4.69) is 15.3 Å². The lowest BCUT2D eigenvalue weighted by Crippen LogP contribution is -2.04. The lowest BCUT2D eigenvalue weighted by atomic mass is 10.3. The lowest BCUT2D eigenvalue weighted by Gasteiger charge is -2.08. The Morgan fingerprint density at radius 2 is 2.16 bits per heavy atom. The van der Waals surface area contributed by atoms with E-state index in [0.29, 0.717) is 6.54 Å². The molecule has 1 N–H and O–H groups in total. The van der Waals surface area contributed by atoms with Crippen LogP contribution in [0.25, 0.3) is 0 Å². The molecule has 0 radical (unpaired) electrons. The molecule has 0 spiro atoms. The minimum absolute atomic E-state index is 0.112. The Morgan fingerprint density at radius 3 is 2.89 bits per heavy atom. The predicted molar refractivity (Wildman–Crippen MR) is 67.6 cm³/mol. The number of rotatable bonds is 4. The normalized spacial score (nSPS) is 10.3. The van der Waals surface area contributed by atoms with Crippen LogP contribution in [-0.4, -0.2) is 16.5 Å². The summed E-state index contributed by atoms with van der Waals surface area (Å²) in [6, 6.07) is 4.19. The van der Waals surface area contributed by atoms with Crippen molar-refractivity contribution in [3.8, 4) is 11.6 Å². The van der Waals surface area contributed by atoms with Crippen LogP contribution in [-0.2, 0) is 0 Å². The SMILES string of the molecule is CCNc1ncc(F)c(Oc2cccc(Cl)c2F)n1. The van der Waals surface area contributed by atoms with Gasteiger partial charge in [-0.25, -0.2) is 9.37 Å². The maximum absolute atomic E-state index is 13.6. The van der Waals surface area contributed by atoms with Crippen molar-refractivity contribution >= 4 is 17.5 Å². The van der Waals surface area contributed by atoms with Gasteiger partial charge in [0.05, 0.1) is 11.2 Å². The number of nitrogens with one attached hydrogen (secondary N) is 1. The molecule has 0 saturated heterocycles. The summed E-state index contributed by atoms with van der Waals surface area (Å²) in [6.45, 7) is 2.40. The molecule has 2 rings (SSSR count). The maximum atomic E-state index is 13.6. The molecule has 0 aliphatic rings. The largest absolute Gasteiger partial charge is 0.433 e. The summed E-state index contributed by atoms with van der Waals surface area (Å²) >= 11 is 5.61. The standard InChI is InChI=1S/C12H10ClF2N3O/c1-2-16-12-17-6-8(14)11(18-12)19-9-5-3-4-7(13)10(9)15/h3-6H,2H2,1H3,(H,16,17,18). The predicted octanol–water partition coefficient (Wildman–Crippen LogP) is 3.63. The molecule has 0 amide bonds. The summed E-state index contributed by atoms with van der Waals surface area (Å²) in [5, 5.41) is 2.69. The molecule has 100 valence electrons. The van der Waals surface area contributed by atoms with Gasteiger partial charge in [-0.3, -0.25) is 0 Å². The number of anilines is 1. The summed E-state index contributed by atoms with van der Waals surface area (Å²) in [6.07, 6.45) is 0.947. The van der Waals surface area contributed by atoms with Crippen LogP contribution >= 0.6 is 11.6 Å². The number of benzene rings is 1. The first kappa shape index (κ1) is 13.5. The summed E-state index contributed by atoms with van der Waals surface area (Å²) < 4.78 is 32.2. The quantitative estimate of drug-likeness (QED) is 0.932. The highest BCUT2D eigenvalue weighted by molar-refractivity contribution is 6.30. The first-order chi connectivity index (χ1) is 9.11. The second-order valence-corrected chi connectivity index (χ2v) is 3.94. The highest BCUT2D eigenvalue weighted by atomic mass is 35.5. The molecular weight excluding hydrogens is 276 g/mol. The van der Waals surface area contributed by atoms with Crippen LogP contribution in [0.5, 0.6) is 11.6 Å². The molecule has 0 fully saturated rings. The van der Waals surface area contributed by atoms with E-state index < -0.39 is 11.6 Å². The average Bonchev–Trinajstić information content (AvgIpc) is 2.39. The molecule has 0 bridgehead atoms. The van der Waals surface area contributed by atoms with E-state index >= 15 is 0 Å². The third-order valence-corrected chi connectivity index (χ3v) is 2.46. The number of hydrogen-bond acceptors (Lipinski definition) is 4. The van der Waals surface area contributed by atoms with E-state index in [1.54, 1.807) is 0 Å². The Kier molecular flexibility index (Phi) is 4.11. The van der Waals surface area contributed by atoms with E-state index in [-0.39, 0.29) is 22.6 Å². The summed E-state index contributed by atoms with van der Waals surface area (Å²) in [5.74, 6) is -1.94. The van der Waals surface area contributed by atoms with Gasteiger partial charge >= 0.3 is 0 Å². The smallest absolute Gasteiger partial charge is 0.260 e. The number of hydrogen-bond donors (Lipinski definition) is 1. The third-order valence-electron chi connectivity index (χ3n) is 2.17. The first-order valence-electron chi connectivity index (χ1n) is 5.50. The van der Waals surface area contributed by atoms with Crippen molar-refractivity contribution in [1.29, 1.82) is 0 Å². The van der Waals surface area contributed by atoms with Crippen LogP contribution in [0.3, 0.4) is 0 Å².